The van der Waals surface area contributed by atoms with Gasteiger partial charge in [0, 0.05) is 71.9 Å². The fourth-order valence-electron chi connectivity index (χ4n) is 1.39. The van der Waals surface area contributed by atoms with Crippen molar-refractivity contribution < 1.29 is 5.11 Å². The number of hydrogen-bond acceptors (Lipinski definition) is 9. The molecule has 0 spiro atoms. The van der Waals surface area contributed by atoms with Crippen LogP contribution in [0.3, 0.4) is 0 Å². The molecule has 4 atom stereocenters. The fourth-order valence-corrected chi connectivity index (χ4v) is 8.93. The Labute approximate surface area is 176 Å². The minimum atomic E-state index is -0.228. The lowest BCUT2D eigenvalue weighted by Crippen LogP contribution is -2.11. The average molecular weight is 467 g/mol. The van der Waals surface area contributed by atoms with E-state index in [1.54, 1.807) is 0 Å². The van der Waals surface area contributed by atoms with Crippen LogP contribution in [-0.4, -0.2) is 83.2 Å². The van der Waals surface area contributed by atoms with Crippen LogP contribution in [0.25, 0.3) is 0 Å². The molecule has 0 saturated carbocycles. The Morgan fingerprint density at radius 2 is 1.22 bits per heavy atom. The minimum Gasteiger partial charge on any atom is -0.391 e. The number of thiol groups is 1. The first-order valence-electron chi connectivity index (χ1n) is 7.72. The van der Waals surface area contributed by atoms with Crippen LogP contribution in [0.1, 0.15) is 0 Å². The van der Waals surface area contributed by atoms with Crippen LogP contribution in [0.2, 0.25) is 0 Å². The highest BCUT2D eigenvalue weighted by Crippen LogP contribution is 2.36. The minimum absolute atomic E-state index is 0.228. The maximum Gasteiger partial charge on any atom is 0.0718 e. The van der Waals surface area contributed by atoms with Gasteiger partial charge in [-0.3, -0.25) is 0 Å². The number of aliphatic hydroxyl groups is 1. The molecular weight excluding hydrogens is 441 g/mol. The number of thioether (sulfide) groups is 7. The van der Waals surface area contributed by atoms with Gasteiger partial charge in [-0.15, -0.1) is 47.0 Å². The maximum absolute atomic E-state index is 9.17. The lowest BCUT2D eigenvalue weighted by molar-refractivity contribution is 0.225. The number of rotatable bonds is 13. The quantitative estimate of drug-likeness (QED) is 0.177. The summed E-state index contributed by atoms with van der Waals surface area (Å²) in [4.78, 5) is 0. The van der Waals surface area contributed by atoms with Gasteiger partial charge in [-0.2, -0.15) is 47.9 Å². The molecule has 3 rings (SSSR count). The Kier molecular flexibility index (Phi) is 13.3. The van der Waals surface area contributed by atoms with Crippen molar-refractivity contribution in [1.82, 2.24) is 0 Å². The van der Waals surface area contributed by atoms with E-state index in [9.17, 15) is 0 Å². The zero-order valence-corrected chi connectivity index (χ0v) is 19.7. The van der Waals surface area contributed by atoms with Crippen molar-refractivity contribution in [2.24, 2.45) is 0 Å². The topological polar surface area (TPSA) is 20.2 Å². The third-order valence-corrected chi connectivity index (χ3v) is 12.1. The summed E-state index contributed by atoms with van der Waals surface area (Å²) in [5.74, 6) is 9.70. The molecule has 0 aromatic heterocycles. The standard InChI is InChI=1S/C7H14OS4.C7H12S4/c8-6(1-9)2-10-5-11-3-7-4-12-7;1(6-3-10-6)8-5-9-2-7-4-11-7/h6-9H,1-5H2;6-7H,1-5H2. The van der Waals surface area contributed by atoms with Crippen molar-refractivity contribution in [2.75, 3.05) is 56.2 Å². The van der Waals surface area contributed by atoms with Crippen LogP contribution in [0.4, 0.5) is 0 Å². The molecule has 23 heavy (non-hydrogen) atoms. The lowest BCUT2D eigenvalue weighted by Gasteiger charge is -2.05. The Hall–Kier alpha value is 2.76. The predicted octanol–water partition coefficient (Wildman–Crippen LogP) is 4.46. The molecule has 9 heteroatoms. The maximum atomic E-state index is 9.17. The van der Waals surface area contributed by atoms with E-state index in [1.807, 2.05) is 35.3 Å². The van der Waals surface area contributed by atoms with E-state index in [1.165, 1.54) is 39.6 Å². The van der Waals surface area contributed by atoms with Crippen molar-refractivity contribution in [3.8, 4) is 0 Å². The van der Waals surface area contributed by atoms with Gasteiger partial charge in [0.1, 0.15) is 0 Å². The molecule has 0 aliphatic carbocycles. The molecule has 4 unspecified atom stereocenters. The van der Waals surface area contributed by atoms with Crippen molar-refractivity contribution in [3.63, 3.8) is 0 Å². The molecule has 1 nitrogen and oxygen atoms in total. The summed E-state index contributed by atoms with van der Waals surface area (Å²) in [6.07, 6.45) is -0.228. The summed E-state index contributed by atoms with van der Waals surface area (Å²) in [6.45, 7) is 0. The molecule has 3 saturated heterocycles. The zero-order valence-electron chi connectivity index (χ0n) is 13.1. The second-order valence-electron chi connectivity index (χ2n) is 5.42. The first kappa shape index (κ1) is 22.1. The number of aliphatic hydroxyl groups excluding tert-OH is 1. The van der Waals surface area contributed by atoms with Crippen LogP contribution in [0.15, 0.2) is 0 Å². The van der Waals surface area contributed by atoms with Crippen molar-refractivity contribution in [2.45, 2.75) is 21.9 Å². The molecule has 0 aromatic rings. The predicted molar refractivity (Wildman–Crippen MR) is 128 cm³/mol. The first-order valence-corrected chi connectivity index (χ1v) is 16.1. The van der Waals surface area contributed by atoms with Gasteiger partial charge < -0.3 is 5.11 Å². The van der Waals surface area contributed by atoms with Gasteiger partial charge in [-0.05, 0) is 0 Å². The summed E-state index contributed by atoms with van der Waals surface area (Å²) in [5.41, 5.74) is 0. The Morgan fingerprint density at radius 1 is 0.826 bits per heavy atom. The van der Waals surface area contributed by atoms with E-state index >= 15 is 0 Å². The molecule has 3 aliphatic heterocycles. The molecule has 3 heterocycles. The monoisotopic (exact) mass is 466 g/mol. The molecule has 0 amide bonds. The second kappa shape index (κ2) is 13.9. The molecule has 3 fully saturated rings. The Morgan fingerprint density at radius 3 is 1.57 bits per heavy atom. The molecular formula is C14H26OS8. The highest BCUT2D eigenvalue weighted by atomic mass is 32.2. The third kappa shape index (κ3) is 14.5. The van der Waals surface area contributed by atoms with Gasteiger partial charge in [0.05, 0.1) is 6.10 Å². The smallest absolute Gasteiger partial charge is 0.0718 e. The largest absolute Gasteiger partial charge is 0.391 e. The summed E-state index contributed by atoms with van der Waals surface area (Å²) in [6, 6.07) is 0. The molecule has 136 valence electrons. The van der Waals surface area contributed by atoms with Gasteiger partial charge in [-0.1, -0.05) is 0 Å². The highest BCUT2D eigenvalue weighted by Gasteiger charge is 2.23. The first-order chi connectivity index (χ1) is 11.3. The van der Waals surface area contributed by atoms with Crippen LogP contribution in [0.5, 0.6) is 0 Å². The van der Waals surface area contributed by atoms with Crippen molar-refractivity contribution in [1.29, 1.82) is 0 Å². The van der Waals surface area contributed by atoms with Gasteiger partial charge in [0.2, 0.25) is 0 Å². The van der Waals surface area contributed by atoms with E-state index < -0.39 is 0 Å². The average Bonchev–Trinajstić information content (AvgIpc) is 3.38. The second-order valence-corrected chi connectivity index (χ2v) is 14.6. The van der Waals surface area contributed by atoms with E-state index in [-0.39, 0.29) is 6.10 Å². The van der Waals surface area contributed by atoms with E-state index in [0.29, 0.717) is 5.75 Å². The van der Waals surface area contributed by atoms with Crippen molar-refractivity contribution in [3.05, 3.63) is 0 Å². The van der Waals surface area contributed by atoms with Gasteiger partial charge in [0.25, 0.3) is 0 Å². The van der Waals surface area contributed by atoms with Crippen LogP contribution in [0, 0.1) is 0 Å². The van der Waals surface area contributed by atoms with E-state index in [4.69, 9.17) is 5.11 Å². The summed E-state index contributed by atoms with van der Waals surface area (Å²) in [7, 11) is 0. The Balaban J connectivity index is 0.000000167. The molecule has 3 aliphatic rings. The highest BCUT2D eigenvalue weighted by molar-refractivity contribution is 8.18. The third-order valence-electron chi connectivity index (χ3n) is 2.97. The van der Waals surface area contributed by atoms with Crippen LogP contribution >= 0.6 is 95.0 Å². The fraction of sp³-hybridized carbons (Fsp3) is 1.00. The Bertz CT molecular complexity index is 283. The van der Waals surface area contributed by atoms with Crippen LogP contribution < -0.4 is 0 Å². The van der Waals surface area contributed by atoms with Gasteiger partial charge in [-0.25, -0.2) is 0 Å². The zero-order chi connectivity index (χ0) is 16.3. The SMILES string of the molecule is C(SCC1CS1)SCC1CS1.OC(CS)CSCSCC1CS1. The van der Waals surface area contributed by atoms with Gasteiger partial charge >= 0.3 is 0 Å². The molecule has 0 radical (unpaired) electrons. The van der Waals surface area contributed by atoms with Crippen LogP contribution in [-0.2, 0) is 0 Å². The van der Waals surface area contributed by atoms with E-state index in [2.05, 4.69) is 59.7 Å². The summed E-state index contributed by atoms with van der Waals surface area (Å²) < 4.78 is 0. The van der Waals surface area contributed by atoms with E-state index in [0.717, 1.165) is 26.6 Å². The van der Waals surface area contributed by atoms with Gasteiger partial charge in [0.15, 0.2) is 0 Å². The number of hydrogen-bond donors (Lipinski definition) is 2. The summed E-state index contributed by atoms with van der Waals surface area (Å²) in [5, 5.41) is 14.6. The molecule has 0 bridgehead atoms. The molecule has 0 aromatic carbocycles. The van der Waals surface area contributed by atoms with Crippen molar-refractivity contribution >= 4 is 95.0 Å². The molecule has 1 N–H and O–H groups in total. The normalized spacial score (nSPS) is 28.7. The summed E-state index contributed by atoms with van der Waals surface area (Å²) >= 11 is 18.3. The lowest BCUT2D eigenvalue weighted by atomic mass is 10.5.